The zero-order valence-corrected chi connectivity index (χ0v) is 17.7. The van der Waals surface area contributed by atoms with Crippen LogP contribution in [0.1, 0.15) is 12.8 Å². The maximum Gasteiger partial charge on any atom is 0.192 e. The van der Waals surface area contributed by atoms with Crippen LogP contribution in [0.25, 0.3) is 0 Å². The Kier molecular flexibility index (Phi) is 10.9. The molecule has 2 aliphatic heterocycles. The zero-order valence-electron chi connectivity index (χ0n) is 17.7. The molecule has 2 rings (SSSR count). The quantitative estimate of drug-likeness (QED) is 0.133. The first-order chi connectivity index (χ1) is 14.8. The Hall–Kier alpha value is -0.520. The molecule has 11 atom stereocenters. The molecule has 0 aliphatic carbocycles. The number of methoxy groups -OCH3 is 3. The van der Waals surface area contributed by atoms with Crippen LogP contribution in [0.4, 0.5) is 0 Å². The Labute approximate surface area is 179 Å². The number of aliphatic hydroxyl groups is 6. The zero-order chi connectivity index (χ0) is 23.1. The van der Waals surface area contributed by atoms with E-state index < -0.39 is 74.5 Å². The Morgan fingerprint density at radius 1 is 0.774 bits per heavy atom. The van der Waals surface area contributed by atoms with Crippen LogP contribution in [0.3, 0.4) is 0 Å². The van der Waals surface area contributed by atoms with Crippen LogP contribution in [-0.4, -0.2) is 133 Å². The summed E-state index contributed by atoms with van der Waals surface area (Å²) in [6.07, 6.45) is -12.8. The van der Waals surface area contributed by atoms with Crippen LogP contribution >= 0.6 is 0 Å². The molecule has 0 radical (unpaired) electrons. The second kappa shape index (κ2) is 12.6. The molecule has 0 aromatic rings. The van der Waals surface area contributed by atoms with Gasteiger partial charge in [-0.15, -0.1) is 0 Å². The molecule has 184 valence electrons. The Morgan fingerprint density at radius 3 is 1.94 bits per heavy atom. The third-order valence-electron chi connectivity index (χ3n) is 5.25. The minimum absolute atomic E-state index is 0.102. The molecule has 13 heteroatoms. The van der Waals surface area contributed by atoms with Crippen LogP contribution in [0.2, 0.25) is 0 Å². The second-order valence-corrected chi connectivity index (χ2v) is 7.30. The van der Waals surface area contributed by atoms with Gasteiger partial charge >= 0.3 is 0 Å². The van der Waals surface area contributed by atoms with Gasteiger partial charge in [0.05, 0.1) is 6.61 Å². The lowest BCUT2D eigenvalue weighted by atomic mass is 9.99. The lowest BCUT2D eigenvalue weighted by Gasteiger charge is -2.41. The van der Waals surface area contributed by atoms with Gasteiger partial charge in [0.2, 0.25) is 0 Å². The van der Waals surface area contributed by atoms with Gasteiger partial charge in [-0.2, -0.15) is 0 Å². The highest BCUT2D eigenvalue weighted by Gasteiger charge is 2.46. The van der Waals surface area contributed by atoms with Crippen LogP contribution in [-0.2, 0) is 33.2 Å². The number of ether oxygens (including phenoxy) is 7. The van der Waals surface area contributed by atoms with Crippen molar-refractivity contribution in [1.29, 1.82) is 0 Å². The minimum Gasteiger partial charge on any atom is -0.394 e. The summed E-state index contributed by atoms with van der Waals surface area (Å²) < 4.78 is 36.9. The maximum atomic E-state index is 10.2. The molecule has 0 bridgehead atoms. The molecule has 0 unspecified atom stereocenters. The molecule has 0 amide bonds. The SMILES string of the molecule is CO[C@@H](CCCO[C@@H]1[C@H](O)[C@H](O)[C@@H](OC)O[C@H]1CO)O[C@H]1O[C@@H](OC)[C@@H](O)[C@@H](O)[C@H]1O. The van der Waals surface area contributed by atoms with Crippen LogP contribution in [0.15, 0.2) is 0 Å². The average Bonchev–Trinajstić information content (AvgIpc) is 2.78. The van der Waals surface area contributed by atoms with Crippen molar-refractivity contribution in [3.05, 3.63) is 0 Å². The van der Waals surface area contributed by atoms with E-state index in [2.05, 4.69) is 0 Å². The van der Waals surface area contributed by atoms with E-state index in [1.165, 1.54) is 21.3 Å². The number of hydrogen-bond acceptors (Lipinski definition) is 13. The smallest absolute Gasteiger partial charge is 0.192 e. The van der Waals surface area contributed by atoms with E-state index in [-0.39, 0.29) is 13.0 Å². The van der Waals surface area contributed by atoms with Gasteiger partial charge in [0.25, 0.3) is 0 Å². The molecule has 2 fully saturated rings. The summed E-state index contributed by atoms with van der Waals surface area (Å²) in [5.74, 6) is 0. The van der Waals surface area contributed by atoms with Gasteiger partial charge in [-0.25, -0.2) is 0 Å². The van der Waals surface area contributed by atoms with E-state index in [0.717, 1.165) is 0 Å². The fraction of sp³-hybridized carbons (Fsp3) is 1.00. The van der Waals surface area contributed by atoms with E-state index in [1.807, 2.05) is 0 Å². The Morgan fingerprint density at radius 2 is 1.35 bits per heavy atom. The first-order valence-electron chi connectivity index (χ1n) is 9.96. The van der Waals surface area contributed by atoms with E-state index in [1.54, 1.807) is 0 Å². The van der Waals surface area contributed by atoms with Gasteiger partial charge in [-0.05, 0) is 6.42 Å². The standard InChI is InChI=1S/C18H34O13/c1-25-9(30-18-13(23)10(20)12(22)17(27-3)31-18)5-4-6-28-15-8(7-19)29-16(26-2)14(24)11(15)21/h8-24H,4-7H2,1-3H3/t8-,9+,10+,11+,12-,13+,14-,15-,16-,17+,18-/m0/s1. The third-order valence-corrected chi connectivity index (χ3v) is 5.25. The van der Waals surface area contributed by atoms with Crippen molar-refractivity contribution in [2.24, 2.45) is 0 Å². The maximum absolute atomic E-state index is 10.2. The van der Waals surface area contributed by atoms with Crippen LogP contribution < -0.4 is 0 Å². The fourth-order valence-electron chi connectivity index (χ4n) is 3.44. The highest BCUT2D eigenvalue weighted by molar-refractivity contribution is 4.90. The molecule has 13 nitrogen and oxygen atoms in total. The van der Waals surface area contributed by atoms with Crippen molar-refractivity contribution in [3.63, 3.8) is 0 Å². The first-order valence-corrected chi connectivity index (χ1v) is 9.96. The average molecular weight is 458 g/mol. The molecule has 0 aromatic heterocycles. The van der Waals surface area contributed by atoms with Crippen molar-refractivity contribution in [1.82, 2.24) is 0 Å². The molecule has 2 heterocycles. The van der Waals surface area contributed by atoms with Crippen LogP contribution in [0, 0.1) is 0 Å². The van der Waals surface area contributed by atoms with E-state index in [9.17, 15) is 30.6 Å². The first kappa shape index (κ1) is 26.7. The Balaban J connectivity index is 1.82. The van der Waals surface area contributed by atoms with Gasteiger partial charge in [-0.1, -0.05) is 0 Å². The van der Waals surface area contributed by atoms with Crippen molar-refractivity contribution in [3.8, 4) is 0 Å². The predicted molar refractivity (Wildman–Crippen MR) is 99.3 cm³/mol. The van der Waals surface area contributed by atoms with Gasteiger partial charge in [0, 0.05) is 34.4 Å². The minimum atomic E-state index is -1.53. The van der Waals surface area contributed by atoms with Crippen molar-refractivity contribution in [2.75, 3.05) is 34.5 Å². The van der Waals surface area contributed by atoms with E-state index >= 15 is 0 Å². The van der Waals surface area contributed by atoms with E-state index in [4.69, 9.17) is 33.2 Å². The van der Waals surface area contributed by atoms with Crippen molar-refractivity contribution < 1.29 is 63.8 Å². The third kappa shape index (κ3) is 6.51. The molecule has 0 saturated carbocycles. The lowest BCUT2D eigenvalue weighted by Crippen LogP contribution is -2.60. The van der Waals surface area contributed by atoms with Gasteiger partial charge in [-0.3, -0.25) is 0 Å². The summed E-state index contributed by atoms with van der Waals surface area (Å²) in [5, 5.41) is 59.5. The second-order valence-electron chi connectivity index (χ2n) is 7.30. The summed E-state index contributed by atoms with van der Waals surface area (Å²) >= 11 is 0. The molecular formula is C18H34O13. The van der Waals surface area contributed by atoms with Crippen LogP contribution in [0.5, 0.6) is 0 Å². The highest BCUT2D eigenvalue weighted by Crippen LogP contribution is 2.26. The van der Waals surface area contributed by atoms with Gasteiger partial charge < -0.3 is 63.8 Å². The monoisotopic (exact) mass is 458 g/mol. The number of rotatable bonds is 11. The molecule has 0 aromatic carbocycles. The van der Waals surface area contributed by atoms with E-state index in [0.29, 0.717) is 6.42 Å². The largest absolute Gasteiger partial charge is 0.394 e. The van der Waals surface area contributed by atoms with Gasteiger partial charge in [0.1, 0.15) is 42.7 Å². The lowest BCUT2D eigenvalue weighted by molar-refractivity contribution is -0.369. The molecular weight excluding hydrogens is 424 g/mol. The molecule has 0 spiro atoms. The summed E-state index contributed by atoms with van der Waals surface area (Å²) in [5.41, 5.74) is 0. The summed E-state index contributed by atoms with van der Waals surface area (Å²) in [4.78, 5) is 0. The summed E-state index contributed by atoms with van der Waals surface area (Å²) in [6.45, 7) is -0.338. The van der Waals surface area contributed by atoms with Crippen molar-refractivity contribution >= 4 is 0 Å². The molecule has 2 saturated heterocycles. The van der Waals surface area contributed by atoms with Gasteiger partial charge in [0.15, 0.2) is 25.2 Å². The normalized spacial score (nSPS) is 42.5. The fourth-order valence-corrected chi connectivity index (χ4v) is 3.44. The summed E-state index contributed by atoms with van der Waals surface area (Å²) in [7, 11) is 3.96. The number of hydrogen-bond donors (Lipinski definition) is 6. The molecule has 2 aliphatic rings. The summed E-state index contributed by atoms with van der Waals surface area (Å²) in [6, 6.07) is 0. The van der Waals surface area contributed by atoms with Crippen molar-refractivity contribution in [2.45, 2.75) is 80.7 Å². The predicted octanol–water partition coefficient (Wildman–Crippen LogP) is -3.36. The molecule has 6 N–H and O–H groups in total. The molecule has 31 heavy (non-hydrogen) atoms. The number of aliphatic hydroxyl groups excluding tert-OH is 6. The Bertz CT molecular complexity index is 507. The topological polar surface area (TPSA) is 186 Å². The highest BCUT2D eigenvalue weighted by atomic mass is 16.8.